The third kappa shape index (κ3) is 5.47. The van der Waals surface area contributed by atoms with Crippen LogP contribution in [0.3, 0.4) is 0 Å². The van der Waals surface area contributed by atoms with Gasteiger partial charge in [-0.2, -0.15) is 13.2 Å². The monoisotopic (exact) mass is 552 g/mol. The van der Waals surface area contributed by atoms with Gasteiger partial charge in [0.15, 0.2) is 0 Å². The predicted molar refractivity (Wildman–Crippen MR) is 138 cm³/mol. The molecule has 2 aromatic rings. The molecule has 2 saturated heterocycles. The molecule has 2 fully saturated rings. The molecule has 11 heteroatoms. The van der Waals surface area contributed by atoms with Crippen LogP contribution in [0.1, 0.15) is 41.6 Å². The van der Waals surface area contributed by atoms with Crippen molar-refractivity contribution in [2.24, 2.45) is 11.8 Å². The summed E-state index contributed by atoms with van der Waals surface area (Å²) in [6, 6.07) is 10.0. The number of aromatic nitrogens is 1. The number of benzene rings is 1. The number of piperidine rings is 2. The number of likely N-dealkylation sites (tertiary alicyclic amines) is 1. The summed E-state index contributed by atoms with van der Waals surface area (Å²) >= 11 is 6.27. The molecule has 2 aliphatic rings. The number of halogens is 4. The molecular weight excluding hydrogens is 521 g/mol. The van der Waals surface area contributed by atoms with Crippen molar-refractivity contribution < 1.29 is 27.9 Å². The summed E-state index contributed by atoms with van der Waals surface area (Å²) in [4.78, 5) is 34.3. The zero-order valence-electron chi connectivity index (χ0n) is 21.4. The molecule has 1 aromatic heterocycles. The second-order valence-corrected chi connectivity index (χ2v) is 10.6. The highest BCUT2D eigenvalue weighted by Crippen LogP contribution is 2.42. The Bertz CT molecular complexity index is 1150. The largest absolute Gasteiger partial charge is 0.430 e. The number of amides is 2. The Morgan fingerprint density at radius 2 is 1.50 bits per heavy atom. The van der Waals surface area contributed by atoms with Crippen LogP contribution in [0.5, 0.6) is 0 Å². The Morgan fingerprint density at radius 3 is 2.00 bits per heavy atom. The fraction of sp³-hybridized carbons (Fsp3) is 0.519. The van der Waals surface area contributed by atoms with E-state index in [2.05, 4.69) is 9.88 Å². The van der Waals surface area contributed by atoms with Gasteiger partial charge >= 0.3 is 6.18 Å². The van der Waals surface area contributed by atoms with Crippen molar-refractivity contribution in [3.05, 3.63) is 58.7 Å². The quantitative estimate of drug-likeness (QED) is 0.558. The molecule has 0 saturated carbocycles. The number of anilines is 1. The van der Waals surface area contributed by atoms with E-state index in [9.17, 15) is 27.9 Å². The van der Waals surface area contributed by atoms with Crippen LogP contribution in [0.15, 0.2) is 42.5 Å². The van der Waals surface area contributed by atoms with Crippen molar-refractivity contribution in [2.75, 3.05) is 45.2 Å². The average Bonchev–Trinajstić information content (AvgIpc) is 2.91. The van der Waals surface area contributed by atoms with Crippen LogP contribution < -0.4 is 4.90 Å². The lowest BCUT2D eigenvalue weighted by Gasteiger charge is -2.42. The summed E-state index contributed by atoms with van der Waals surface area (Å²) in [6.45, 7) is 1.84. The van der Waals surface area contributed by atoms with Gasteiger partial charge in [0.25, 0.3) is 17.4 Å². The smallest absolute Gasteiger partial charge is 0.369 e. The standard InChI is InChI=1S/C27H32ClF3N4O3/c1-33(2)24(36)21-8-9-22(32-23(21)28)34-14-10-18(11-15-34)19-12-16-35(17-13-19)25(37)26(38,27(29,30)31)20-6-4-3-5-7-20/h3-9,18-19,38H,10-17H2,1-2H3/t26-/m0/s1. The van der Waals surface area contributed by atoms with E-state index in [1.807, 2.05) is 0 Å². The number of alkyl halides is 3. The van der Waals surface area contributed by atoms with Crippen molar-refractivity contribution in [3.8, 4) is 0 Å². The number of nitrogens with zero attached hydrogens (tertiary/aromatic N) is 4. The number of pyridine rings is 1. The van der Waals surface area contributed by atoms with Crippen molar-refractivity contribution in [1.82, 2.24) is 14.8 Å². The highest BCUT2D eigenvalue weighted by Gasteiger charge is 2.62. The highest BCUT2D eigenvalue weighted by molar-refractivity contribution is 6.32. The molecular formula is C27H32ClF3N4O3. The third-order valence-electron chi connectivity index (χ3n) is 7.74. The summed E-state index contributed by atoms with van der Waals surface area (Å²) in [7, 11) is 3.30. The summed E-state index contributed by atoms with van der Waals surface area (Å²) in [6.07, 6.45) is -2.20. The molecule has 0 unspecified atom stereocenters. The first-order valence-corrected chi connectivity index (χ1v) is 13.1. The number of hydrogen-bond donors (Lipinski definition) is 1. The maximum absolute atomic E-state index is 13.9. The van der Waals surface area contributed by atoms with Crippen LogP contribution in [0.2, 0.25) is 5.15 Å². The van der Waals surface area contributed by atoms with Gasteiger partial charge in [-0.05, 0) is 49.7 Å². The fourth-order valence-corrected chi connectivity index (χ4v) is 5.72. The average molecular weight is 553 g/mol. The van der Waals surface area contributed by atoms with Crippen LogP contribution in [0.25, 0.3) is 0 Å². The van der Waals surface area contributed by atoms with E-state index < -0.39 is 23.2 Å². The zero-order chi connectivity index (χ0) is 27.7. The Hall–Kier alpha value is -2.85. The minimum Gasteiger partial charge on any atom is -0.369 e. The molecule has 1 atom stereocenters. The van der Waals surface area contributed by atoms with Crippen molar-refractivity contribution in [3.63, 3.8) is 0 Å². The number of hydrogen-bond acceptors (Lipinski definition) is 5. The highest BCUT2D eigenvalue weighted by atomic mass is 35.5. The molecule has 7 nitrogen and oxygen atoms in total. The normalized spacial score (nSPS) is 19.2. The summed E-state index contributed by atoms with van der Waals surface area (Å²) < 4.78 is 41.8. The second kappa shape index (κ2) is 11.1. The van der Waals surface area contributed by atoms with Crippen LogP contribution >= 0.6 is 11.6 Å². The topological polar surface area (TPSA) is 77.0 Å². The minimum atomic E-state index is -5.13. The van der Waals surface area contributed by atoms with Gasteiger partial charge in [0.05, 0.1) is 5.56 Å². The first-order valence-electron chi connectivity index (χ1n) is 12.7. The van der Waals surface area contributed by atoms with Gasteiger partial charge in [-0.15, -0.1) is 0 Å². The Morgan fingerprint density at radius 1 is 0.947 bits per heavy atom. The maximum Gasteiger partial charge on any atom is 0.430 e. The van der Waals surface area contributed by atoms with E-state index in [1.54, 1.807) is 26.2 Å². The Kier molecular flexibility index (Phi) is 8.23. The third-order valence-corrected chi connectivity index (χ3v) is 8.03. The molecule has 0 spiro atoms. The number of aliphatic hydroxyl groups is 1. The molecule has 4 rings (SSSR count). The van der Waals surface area contributed by atoms with Gasteiger partial charge in [0, 0.05) is 45.8 Å². The van der Waals surface area contributed by atoms with E-state index in [0.717, 1.165) is 43.0 Å². The zero-order valence-corrected chi connectivity index (χ0v) is 22.2. The summed E-state index contributed by atoms with van der Waals surface area (Å²) in [5, 5.41) is 10.8. The number of carbonyl (C=O) groups excluding carboxylic acids is 2. The summed E-state index contributed by atoms with van der Waals surface area (Å²) in [5.74, 6) is -0.159. The molecule has 0 radical (unpaired) electrons. The number of rotatable bonds is 5. The van der Waals surface area contributed by atoms with E-state index in [4.69, 9.17) is 11.6 Å². The van der Waals surface area contributed by atoms with Crippen molar-refractivity contribution in [1.29, 1.82) is 0 Å². The Labute approximate surface area is 225 Å². The molecule has 2 amide bonds. The lowest BCUT2D eigenvalue weighted by atomic mass is 9.78. The van der Waals surface area contributed by atoms with E-state index in [-0.39, 0.29) is 30.1 Å². The van der Waals surface area contributed by atoms with Crippen LogP contribution in [0, 0.1) is 11.8 Å². The summed E-state index contributed by atoms with van der Waals surface area (Å²) in [5.41, 5.74) is -3.69. The molecule has 0 bridgehead atoms. The molecule has 2 aliphatic heterocycles. The number of carbonyl (C=O) groups is 2. The van der Waals surface area contributed by atoms with E-state index >= 15 is 0 Å². The lowest BCUT2D eigenvalue weighted by molar-refractivity contribution is -0.262. The van der Waals surface area contributed by atoms with Crippen LogP contribution in [-0.4, -0.2) is 78.2 Å². The molecule has 38 heavy (non-hydrogen) atoms. The predicted octanol–water partition coefficient (Wildman–Crippen LogP) is 4.34. The fourth-order valence-electron chi connectivity index (χ4n) is 5.49. The molecule has 3 heterocycles. The molecule has 1 N–H and O–H groups in total. The van der Waals surface area contributed by atoms with Gasteiger partial charge < -0.3 is 19.8 Å². The van der Waals surface area contributed by atoms with Gasteiger partial charge in [-0.25, -0.2) is 4.98 Å². The van der Waals surface area contributed by atoms with Crippen LogP contribution in [-0.2, 0) is 10.4 Å². The molecule has 206 valence electrons. The van der Waals surface area contributed by atoms with Crippen LogP contribution in [0.4, 0.5) is 19.0 Å². The molecule has 1 aromatic carbocycles. The van der Waals surface area contributed by atoms with E-state index in [1.165, 1.54) is 23.1 Å². The molecule has 0 aliphatic carbocycles. The second-order valence-electron chi connectivity index (χ2n) is 10.2. The Balaban J connectivity index is 1.34. The minimum absolute atomic E-state index is 0.162. The lowest BCUT2D eigenvalue weighted by Crippen LogP contribution is -2.57. The van der Waals surface area contributed by atoms with Gasteiger partial charge in [0.1, 0.15) is 11.0 Å². The van der Waals surface area contributed by atoms with Gasteiger partial charge in [0.2, 0.25) is 0 Å². The SMILES string of the molecule is CN(C)C(=O)c1ccc(N2CCC(C3CCN(C(=O)[C@@](O)(c4ccccc4)C(F)(F)F)CC3)CC2)nc1Cl. The van der Waals surface area contributed by atoms with Crippen molar-refractivity contribution in [2.45, 2.75) is 37.5 Å². The van der Waals surface area contributed by atoms with Crippen molar-refractivity contribution >= 4 is 29.2 Å². The van der Waals surface area contributed by atoms with E-state index in [0.29, 0.717) is 30.1 Å². The maximum atomic E-state index is 13.9. The van der Waals surface area contributed by atoms with Gasteiger partial charge in [-0.1, -0.05) is 41.9 Å². The first kappa shape index (κ1) is 28.2. The first-order chi connectivity index (χ1) is 17.9. The van der Waals surface area contributed by atoms with Gasteiger partial charge in [-0.3, -0.25) is 9.59 Å².